The normalized spacial score (nSPS) is 11.6. The van der Waals surface area contributed by atoms with Crippen molar-refractivity contribution in [3.8, 4) is 17.3 Å². The van der Waals surface area contributed by atoms with Crippen molar-refractivity contribution in [3.05, 3.63) is 60.1 Å². The minimum absolute atomic E-state index is 0.152. The van der Waals surface area contributed by atoms with Gasteiger partial charge in [0.15, 0.2) is 6.61 Å². The minimum atomic E-state index is -1.04. The number of hydrogen-bond donors (Lipinski definition) is 2. The molecule has 0 radical (unpaired) electrons. The second-order valence-corrected chi connectivity index (χ2v) is 6.27. The predicted octanol–water partition coefficient (Wildman–Crippen LogP) is 2.41. The fourth-order valence-electron chi connectivity index (χ4n) is 2.57. The Bertz CT molecular complexity index is 957. The molecule has 3 rings (SSSR count). The first-order valence-corrected chi connectivity index (χ1v) is 8.99. The Morgan fingerprint density at radius 1 is 1.21 bits per heavy atom. The molecule has 0 saturated heterocycles. The number of aromatic nitrogens is 3. The number of carbonyl (C=O) groups excluding carboxylic acids is 1. The Morgan fingerprint density at radius 3 is 2.69 bits per heavy atom. The van der Waals surface area contributed by atoms with Gasteiger partial charge in [0.05, 0.1) is 6.04 Å². The molecule has 0 aliphatic carbocycles. The highest BCUT2D eigenvalue weighted by atomic mass is 16.5. The van der Waals surface area contributed by atoms with Gasteiger partial charge in [-0.1, -0.05) is 23.4 Å². The summed E-state index contributed by atoms with van der Waals surface area (Å²) < 4.78 is 10.3. The molecular weight excluding hydrogens is 376 g/mol. The molecule has 29 heavy (non-hydrogen) atoms. The van der Waals surface area contributed by atoms with Crippen LogP contribution in [0.2, 0.25) is 0 Å². The zero-order valence-electron chi connectivity index (χ0n) is 15.7. The lowest BCUT2D eigenvalue weighted by molar-refractivity contribution is -0.139. The third-order valence-corrected chi connectivity index (χ3v) is 4.05. The van der Waals surface area contributed by atoms with Crippen LogP contribution in [-0.4, -0.2) is 38.7 Å². The molecule has 2 heterocycles. The van der Waals surface area contributed by atoms with Crippen LogP contribution in [0.3, 0.4) is 0 Å². The molecular formula is C20H20N4O5. The van der Waals surface area contributed by atoms with Crippen molar-refractivity contribution in [2.75, 3.05) is 6.61 Å². The summed E-state index contributed by atoms with van der Waals surface area (Å²) in [5, 5.41) is 15.4. The Hall–Kier alpha value is -3.75. The molecule has 0 spiro atoms. The third-order valence-electron chi connectivity index (χ3n) is 4.05. The topological polar surface area (TPSA) is 127 Å². The van der Waals surface area contributed by atoms with Crippen molar-refractivity contribution in [2.24, 2.45) is 0 Å². The molecule has 0 aliphatic heterocycles. The van der Waals surface area contributed by atoms with Crippen LogP contribution in [0.15, 0.2) is 53.2 Å². The summed E-state index contributed by atoms with van der Waals surface area (Å²) in [6.45, 7) is 1.46. The SMILES string of the molecule is CC(NC(=O)CCc1nc(-c2ccccn2)no1)c1ccc(OCC(=O)O)cc1. The number of carboxylic acids is 1. The maximum absolute atomic E-state index is 12.2. The number of aliphatic carboxylic acids is 1. The highest BCUT2D eigenvalue weighted by Gasteiger charge is 2.13. The summed E-state index contributed by atoms with van der Waals surface area (Å²) in [4.78, 5) is 31.1. The summed E-state index contributed by atoms with van der Waals surface area (Å²) in [6, 6.07) is 12.1. The number of carboxylic acid groups (broad SMARTS) is 1. The number of nitrogens with zero attached hydrogens (tertiary/aromatic N) is 3. The van der Waals surface area contributed by atoms with E-state index in [9.17, 15) is 9.59 Å². The summed E-state index contributed by atoms with van der Waals surface area (Å²) in [5.41, 5.74) is 1.48. The van der Waals surface area contributed by atoms with Gasteiger partial charge in [-0.15, -0.1) is 0 Å². The number of ether oxygens (including phenoxy) is 1. The Labute approximate surface area is 166 Å². The van der Waals surface area contributed by atoms with Gasteiger partial charge in [-0.2, -0.15) is 4.98 Å². The predicted molar refractivity (Wildman–Crippen MR) is 102 cm³/mol. The van der Waals surface area contributed by atoms with Crippen molar-refractivity contribution in [2.45, 2.75) is 25.8 Å². The van der Waals surface area contributed by atoms with Crippen molar-refractivity contribution in [1.29, 1.82) is 0 Å². The number of amides is 1. The first kappa shape index (κ1) is 20.0. The number of rotatable bonds is 9. The monoisotopic (exact) mass is 396 g/mol. The van der Waals surface area contributed by atoms with E-state index in [1.165, 1.54) is 0 Å². The second-order valence-electron chi connectivity index (χ2n) is 6.27. The van der Waals surface area contributed by atoms with E-state index in [4.69, 9.17) is 14.4 Å². The smallest absolute Gasteiger partial charge is 0.341 e. The minimum Gasteiger partial charge on any atom is -0.482 e. The van der Waals surface area contributed by atoms with Crippen molar-refractivity contribution < 1.29 is 24.0 Å². The van der Waals surface area contributed by atoms with E-state index in [0.717, 1.165) is 5.56 Å². The first-order chi connectivity index (χ1) is 14.0. The molecule has 0 fully saturated rings. The van der Waals surface area contributed by atoms with Gasteiger partial charge in [-0.25, -0.2) is 4.79 Å². The second kappa shape index (κ2) is 9.45. The van der Waals surface area contributed by atoms with E-state index in [1.807, 2.05) is 13.0 Å². The zero-order chi connectivity index (χ0) is 20.6. The molecule has 3 aromatic rings. The Morgan fingerprint density at radius 2 is 2.00 bits per heavy atom. The summed E-state index contributed by atoms with van der Waals surface area (Å²) in [5.74, 6) is 0.0205. The Kier molecular flexibility index (Phi) is 6.51. The summed E-state index contributed by atoms with van der Waals surface area (Å²) >= 11 is 0. The lowest BCUT2D eigenvalue weighted by Gasteiger charge is -2.14. The molecule has 9 nitrogen and oxygen atoms in total. The van der Waals surface area contributed by atoms with Gasteiger partial charge in [0.1, 0.15) is 11.4 Å². The quantitative estimate of drug-likeness (QED) is 0.564. The van der Waals surface area contributed by atoms with Crippen molar-refractivity contribution in [1.82, 2.24) is 20.4 Å². The van der Waals surface area contributed by atoms with Crippen LogP contribution >= 0.6 is 0 Å². The number of pyridine rings is 1. The molecule has 0 bridgehead atoms. The number of nitrogens with one attached hydrogen (secondary N) is 1. The molecule has 0 saturated carbocycles. The highest BCUT2D eigenvalue weighted by Crippen LogP contribution is 2.18. The zero-order valence-corrected chi connectivity index (χ0v) is 15.7. The van der Waals surface area contributed by atoms with Gasteiger partial charge in [0.2, 0.25) is 17.6 Å². The first-order valence-electron chi connectivity index (χ1n) is 8.99. The van der Waals surface area contributed by atoms with E-state index in [-0.39, 0.29) is 18.4 Å². The van der Waals surface area contributed by atoms with Crippen LogP contribution in [0.25, 0.3) is 11.5 Å². The van der Waals surface area contributed by atoms with Crippen LogP contribution in [0.4, 0.5) is 0 Å². The number of benzene rings is 1. The standard InChI is InChI=1S/C20H20N4O5/c1-13(14-5-7-15(8-6-14)28-12-19(26)27)22-17(25)9-10-18-23-20(24-29-18)16-4-2-3-11-21-16/h2-8,11,13H,9-10,12H2,1H3,(H,22,25)(H,26,27). The van der Waals surface area contributed by atoms with Crippen LogP contribution in [-0.2, 0) is 16.0 Å². The summed E-state index contributed by atoms with van der Waals surface area (Å²) in [6.07, 6.45) is 2.17. The van der Waals surface area contributed by atoms with E-state index in [2.05, 4.69) is 20.4 Å². The van der Waals surface area contributed by atoms with Gasteiger partial charge in [-0.3, -0.25) is 9.78 Å². The maximum atomic E-state index is 12.2. The van der Waals surface area contributed by atoms with Crippen molar-refractivity contribution in [3.63, 3.8) is 0 Å². The van der Waals surface area contributed by atoms with E-state index in [0.29, 0.717) is 29.6 Å². The fourth-order valence-corrected chi connectivity index (χ4v) is 2.57. The fraction of sp³-hybridized carbons (Fsp3) is 0.250. The molecule has 1 amide bonds. The van der Waals surface area contributed by atoms with E-state index < -0.39 is 12.6 Å². The highest BCUT2D eigenvalue weighted by molar-refractivity contribution is 5.76. The summed E-state index contributed by atoms with van der Waals surface area (Å²) in [7, 11) is 0. The third kappa shape index (κ3) is 5.86. The molecule has 2 aromatic heterocycles. The average Bonchev–Trinajstić information content (AvgIpc) is 3.21. The molecule has 1 unspecified atom stereocenters. The molecule has 0 aliphatic rings. The lowest BCUT2D eigenvalue weighted by Crippen LogP contribution is -2.26. The van der Waals surface area contributed by atoms with E-state index >= 15 is 0 Å². The largest absolute Gasteiger partial charge is 0.482 e. The number of aryl methyl sites for hydroxylation is 1. The number of hydrogen-bond acceptors (Lipinski definition) is 7. The maximum Gasteiger partial charge on any atom is 0.341 e. The van der Waals surface area contributed by atoms with Crippen LogP contribution in [0.5, 0.6) is 5.75 Å². The molecule has 1 atom stereocenters. The molecule has 150 valence electrons. The molecule has 1 aromatic carbocycles. The van der Waals surface area contributed by atoms with Crippen molar-refractivity contribution >= 4 is 11.9 Å². The van der Waals surface area contributed by atoms with Crippen LogP contribution in [0, 0.1) is 0 Å². The van der Waals surface area contributed by atoms with Gasteiger partial charge in [0, 0.05) is 19.0 Å². The van der Waals surface area contributed by atoms with E-state index in [1.54, 1.807) is 42.6 Å². The van der Waals surface area contributed by atoms with Gasteiger partial charge >= 0.3 is 5.97 Å². The van der Waals surface area contributed by atoms with Gasteiger partial charge in [-0.05, 0) is 36.8 Å². The lowest BCUT2D eigenvalue weighted by atomic mass is 10.1. The van der Waals surface area contributed by atoms with Crippen LogP contribution in [0.1, 0.15) is 30.8 Å². The van der Waals surface area contributed by atoms with Gasteiger partial charge in [0.25, 0.3) is 0 Å². The molecule has 9 heteroatoms. The average molecular weight is 396 g/mol. The molecule has 2 N–H and O–H groups in total. The van der Waals surface area contributed by atoms with Crippen LogP contribution < -0.4 is 10.1 Å². The van der Waals surface area contributed by atoms with Gasteiger partial charge < -0.3 is 19.7 Å². The number of carbonyl (C=O) groups is 2. The Balaban J connectivity index is 1.48.